The quantitative estimate of drug-likeness (QED) is 0.775. The summed E-state index contributed by atoms with van der Waals surface area (Å²) in [5, 5.41) is 3.06. The van der Waals surface area contributed by atoms with Gasteiger partial charge in [-0.2, -0.15) is 0 Å². The highest BCUT2D eigenvalue weighted by Crippen LogP contribution is 2.23. The molecule has 8 heteroatoms. The Bertz CT molecular complexity index is 760. The normalized spacial score (nSPS) is 22.6. The fourth-order valence-corrected chi connectivity index (χ4v) is 4.98. The number of ether oxygens (including phenoxy) is 1. The Hall–Kier alpha value is -1.64. The van der Waals surface area contributed by atoms with Crippen molar-refractivity contribution in [3.8, 4) is 0 Å². The lowest BCUT2D eigenvalue weighted by Gasteiger charge is -2.31. The average Bonchev–Trinajstić information content (AvgIpc) is 2.74. The summed E-state index contributed by atoms with van der Waals surface area (Å²) in [5.41, 5.74) is 2.21. The van der Waals surface area contributed by atoms with Crippen molar-refractivity contribution in [1.29, 1.82) is 0 Å². The molecule has 1 N–H and O–H groups in total. The van der Waals surface area contributed by atoms with Crippen LogP contribution in [0.3, 0.4) is 0 Å². The molecule has 1 aromatic rings. The van der Waals surface area contributed by atoms with Crippen LogP contribution in [0, 0.1) is 5.92 Å². The Balaban J connectivity index is 1.57. The molecule has 0 spiro atoms. The van der Waals surface area contributed by atoms with E-state index in [2.05, 4.69) is 22.3 Å². The van der Waals surface area contributed by atoms with Crippen LogP contribution in [0.25, 0.3) is 0 Å². The first-order chi connectivity index (χ1) is 13.4. The minimum absolute atomic E-state index is 0.0687. The zero-order valence-corrected chi connectivity index (χ0v) is 17.6. The molecule has 7 nitrogen and oxygen atoms in total. The van der Waals surface area contributed by atoms with E-state index in [1.807, 2.05) is 19.1 Å². The van der Waals surface area contributed by atoms with Crippen LogP contribution in [0.2, 0.25) is 0 Å². The number of carbonyl (C=O) groups is 1. The van der Waals surface area contributed by atoms with Crippen LogP contribution in [-0.2, 0) is 19.6 Å². The number of benzene rings is 1. The molecule has 1 aromatic carbocycles. The zero-order valence-electron chi connectivity index (χ0n) is 16.8. The lowest BCUT2D eigenvalue weighted by atomic mass is 9.98. The number of hydrogen-bond donors (Lipinski definition) is 1. The highest BCUT2D eigenvalue weighted by molar-refractivity contribution is 7.89. The van der Waals surface area contributed by atoms with Gasteiger partial charge in [0.05, 0.1) is 30.9 Å². The van der Waals surface area contributed by atoms with Crippen LogP contribution >= 0.6 is 0 Å². The van der Waals surface area contributed by atoms with Crippen LogP contribution < -0.4 is 10.2 Å². The van der Waals surface area contributed by atoms with Crippen LogP contribution in [0.1, 0.15) is 38.3 Å². The maximum absolute atomic E-state index is 12.7. The summed E-state index contributed by atoms with van der Waals surface area (Å²) in [7, 11) is -3.24. The number of hydrogen-bond acceptors (Lipinski definition) is 5. The molecule has 2 aliphatic heterocycles. The van der Waals surface area contributed by atoms with Crippen LogP contribution in [0.4, 0.5) is 5.69 Å². The van der Waals surface area contributed by atoms with Crippen LogP contribution in [0.5, 0.6) is 0 Å². The third kappa shape index (κ3) is 5.04. The first kappa shape index (κ1) is 21.1. The molecule has 2 atom stereocenters. The molecule has 28 heavy (non-hydrogen) atoms. The van der Waals surface area contributed by atoms with Crippen molar-refractivity contribution in [1.82, 2.24) is 9.62 Å². The smallest absolute Gasteiger partial charge is 0.224 e. The number of amides is 1. The number of rotatable bonds is 6. The number of carbonyl (C=O) groups excluding carboxylic acids is 1. The largest absolute Gasteiger partial charge is 0.378 e. The summed E-state index contributed by atoms with van der Waals surface area (Å²) in [6.07, 6.45) is 1.45. The van der Waals surface area contributed by atoms with Gasteiger partial charge in [0.1, 0.15) is 0 Å². The molecule has 0 aliphatic carbocycles. The van der Waals surface area contributed by atoms with Gasteiger partial charge in [0.15, 0.2) is 0 Å². The Labute approximate surface area is 168 Å². The lowest BCUT2D eigenvalue weighted by molar-refractivity contribution is -0.126. The SMILES string of the molecule is CCS(=O)(=O)N1CCC[C@@H](C(=O)N[C@@H](C)c2ccc(N3CCOCC3)cc2)C1. The monoisotopic (exact) mass is 409 g/mol. The van der Waals surface area contributed by atoms with Crippen LogP contribution in [0.15, 0.2) is 24.3 Å². The van der Waals surface area contributed by atoms with Gasteiger partial charge >= 0.3 is 0 Å². The predicted octanol–water partition coefficient (Wildman–Crippen LogP) is 1.76. The molecule has 2 aliphatic rings. The first-order valence-electron chi connectivity index (χ1n) is 10.1. The van der Waals surface area contributed by atoms with E-state index < -0.39 is 10.0 Å². The molecule has 0 aromatic heterocycles. The second kappa shape index (κ2) is 9.24. The van der Waals surface area contributed by atoms with Gasteiger partial charge in [-0.3, -0.25) is 4.79 Å². The van der Waals surface area contributed by atoms with Gasteiger partial charge in [-0.25, -0.2) is 12.7 Å². The summed E-state index contributed by atoms with van der Waals surface area (Å²) < 4.78 is 31.1. The molecule has 2 fully saturated rings. The maximum atomic E-state index is 12.7. The fourth-order valence-electron chi connectivity index (χ4n) is 3.80. The van der Waals surface area contributed by atoms with Gasteiger partial charge in [-0.1, -0.05) is 12.1 Å². The second-order valence-corrected chi connectivity index (χ2v) is 9.78. The van der Waals surface area contributed by atoms with E-state index in [0.717, 1.165) is 44.7 Å². The Kier molecular flexibility index (Phi) is 6.95. The molecule has 2 saturated heterocycles. The molecule has 156 valence electrons. The topological polar surface area (TPSA) is 79.0 Å². The summed E-state index contributed by atoms with van der Waals surface area (Å²) in [6.45, 7) is 7.69. The Morgan fingerprint density at radius 2 is 1.89 bits per heavy atom. The molecule has 0 saturated carbocycles. The van der Waals surface area contributed by atoms with Crippen molar-refractivity contribution in [3.05, 3.63) is 29.8 Å². The van der Waals surface area contributed by atoms with Crippen molar-refractivity contribution in [2.24, 2.45) is 5.92 Å². The van der Waals surface area contributed by atoms with Crippen molar-refractivity contribution in [2.75, 3.05) is 50.0 Å². The van der Waals surface area contributed by atoms with E-state index in [4.69, 9.17) is 4.74 Å². The second-order valence-electron chi connectivity index (χ2n) is 7.52. The zero-order chi connectivity index (χ0) is 20.1. The number of sulfonamides is 1. The molecule has 0 bridgehead atoms. The third-order valence-corrected chi connectivity index (χ3v) is 7.49. The Morgan fingerprint density at radius 3 is 2.54 bits per heavy atom. The summed E-state index contributed by atoms with van der Waals surface area (Å²) in [6, 6.07) is 8.14. The predicted molar refractivity (Wildman–Crippen MR) is 110 cm³/mol. The molecular formula is C20H31N3O4S. The van der Waals surface area contributed by atoms with Gasteiger partial charge in [-0.15, -0.1) is 0 Å². The standard InChI is InChI=1S/C20H31N3O4S/c1-3-28(25,26)23-10-4-5-18(15-23)20(24)21-16(2)17-6-8-19(9-7-17)22-11-13-27-14-12-22/h6-9,16,18H,3-5,10-15H2,1-2H3,(H,21,24)/t16-,18+/m0/s1. The molecule has 0 unspecified atom stereocenters. The minimum atomic E-state index is -3.24. The van der Waals surface area contributed by atoms with Gasteiger partial charge < -0.3 is 15.0 Å². The molecule has 0 radical (unpaired) electrons. The first-order valence-corrected chi connectivity index (χ1v) is 11.7. The van der Waals surface area contributed by atoms with E-state index in [1.54, 1.807) is 6.92 Å². The molecule has 1 amide bonds. The highest BCUT2D eigenvalue weighted by atomic mass is 32.2. The van der Waals surface area contributed by atoms with Gasteiger partial charge in [0.2, 0.25) is 15.9 Å². The summed E-state index contributed by atoms with van der Waals surface area (Å²) >= 11 is 0. The van der Waals surface area contributed by atoms with Gasteiger partial charge in [-0.05, 0) is 44.4 Å². The number of nitrogens with one attached hydrogen (secondary N) is 1. The van der Waals surface area contributed by atoms with Crippen molar-refractivity contribution in [3.63, 3.8) is 0 Å². The number of piperidine rings is 1. The van der Waals surface area contributed by atoms with E-state index >= 15 is 0 Å². The van der Waals surface area contributed by atoms with Gasteiger partial charge in [0.25, 0.3) is 0 Å². The molecule has 3 rings (SSSR count). The molecular weight excluding hydrogens is 378 g/mol. The van der Waals surface area contributed by atoms with Gasteiger partial charge in [0, 0.05) is 31.9 Å². The molecule has 2 heterocycles. The fraction of sp³-hybridized carbons (Fsp3) is 0.650. The summed E-state index contributed by atoms with van der Waals surface area (Å²) in [4.78, 5) is 15.0. The highest BCUT2D eigenvalue weighted by Gasteiger charge is 2.31. The number of anilines is 1. The van der Waals surface area contributed by atoms with Crippen molar-refractivity contribution in [2.45, 2.75) is 32.7 Å². The van der Waals surface area contributed by atoms with E-state index in [-0.39, 0.29) is 30.2 Å². The number of morpholine rings is 1. The van der Waals surface area contributed by atoms with E-state index in [0.29, 0.717) is 6.54 Å². The van der Waals surface area contributed by atoms with E-state index in [1.165, 1.54) is 9.99 Å². The van der Waals surface area contributed by atoms with E-state index in [9.17, 15) is 13.2 Å². The third-order valence-electron chi connectivity index (χ3n) is 5.64. The Morgan fingerprint density at radius 1 is 1.21 bits per heavy atom. The number of nitrogens with zero attached hydrogens (tertiary/aromatic N) is 2. The average molecular weight is 410 g/mol. The lowest BCUT2D eigenvalue weighted by Crippen LogP contribution is -2.46. The maximum Gasteiger partial charge on any atom is 0.224 e. The minimum Gasteiger partial charge on any atom is -0.378 e. The van der Waals surface area contributed by atoms with Crippen molar-refractivity contribution < 1.29 is 17.9 Å². The summed E-state index contributed by atoms with van der Waals surface area (Å²) in [5.74, 6) is -0.279. The van der Waals surface area contributed by atoms with Crippen LogP contribution in [-0.4, -0.2) is 63.8 Å². The van der Waals surface area contributed by atoms with Crippen molar-refractivity contribution >= 4 is 21.6 Å².